The molecule has 2 aliphatic rings. The largest absolute Gasteiger partial charge is 0.379 e. The molecule has 2 saturated heterocycles. The van der Waals surface area contributed by atoms with Crippen LogP contribution in [-0.2, 0) is 9.47 Å². The number of hydrogen-bond donors (Lipinski definition) is 0. The molecule has 2 heterocycles. The normalized spacial score (nSPS) is 24.1. The summed E-state index contributed by atoms with van der Waals surface area (Å²) in [5.41, 5.74) is 0. The maximum absolute atomic E-state index is 10.9. The summed E-state index contributed by atoms with van der Waals surface area (Å²) >= 11 is 0. The fourth-order valence-corrected chi connectivity index (χ4v) is 2.29. The second-order valence-electron chi connectivity index (χ2n) is 4.59. The topological polar surface area (TPSA) is 54.4 Å². The number of morpholine rings is 2. The summed E-state index contributed by atoms with van der Waals surface area (Å²) in [5, 5.41) is 3.26. The summed E-state index contributed by atoms with van der Waals surface area (Å²) in [4.78, 5) is 15.4. The lowest BCUT2D eigenvalue weighted by atomic mass is 10.2. The van der Waals surface area contributed by atoms with Gasteiger partial charge in [0.15, 0.2) is 0 Å². The van der Waals surface area contributed by atoms with Gasteiger partial charge in [0.1, 0.15) is 6.04 Å². The first-order valence-corrected chi connectivity index (χ1v) is 6.31. The molecule has 98 valence electrons. The Morgan fingerprint density at radius 3 is 1.65 bits per heavy atom. The molecule has 0 atom stereocenters. The fourth-order valence-electron chi connectivity index (χ4n) is 2.29. The Labute approximate surface area is 102 Å². The predicted molar refractivity (Wildman–Crippen MR) is 64.1 cm³/mol. The van der Waals surface area contributed by atoms with Gasteiger partial charge >= 0.3 is 0 Å². The first-order chi connectivity index (χ1) is 8.38. The SMILES string of the molecule is O=NC(CN1CCOCC1)CN1CCOCC1. The van der Waals surface area contributed by atoms with Crippen LogP contribution in [0.2, 0.25) is 0 Å². The Bertz CT molecular complexity index is 208. The Morgan fingerprint density at radius 2 is 1.29 bits per heavy atom. The summed E-state index contributed by atoms with van der Waals surface area (Å²) in [6.07, 6.45) is 0. The van der Waals surface area contributed by atoms with Gasteiger partial charge in [-0.2, -0.15) is 4.91 Å². The third-order valence-corrected chi connectivity index (χ3v) is 3.29. The number of nitroso groups, excluding NO2 is 1. The van der Waals surface area contributed by atoms with Crippen LogP contribution in [0.3, 0.4) is 0 Å². The zero-order valence-corrected chi connectivity index (χ0v) is 10.2. The van der Waals surface area contributed by atoms with Crippen LogP contribution in [0.15, 0.2) is 5.18 Å². The molecule has 0 unspecified atom stereocenters. The van der Waals surface area contributed by atoms with Crippen LogP contribution in [0.5, 0.6) is 0 Å². The molecule has 0 spiro atoms. The Hall–Kier alpha value is -0.560. The van der Waals surface area contributed by atoms with Crippen molar-refractivity contribution in [3.05, 3.63) is 4.91 Å². The van der Waals surface area contributed by atoms with Crippen molar-refractivity contribution in [2.45, 2.75) is 6.04 Å². The lowest BCUT2D eigenvalue weighted by molar-refractivity contribution is 0.0210. The first-order valence-electron chi connectivity index (χ1n) is 6.31. The molecule has 17 heavy (non-hydrogen) atoms. The summed E-state index contributed by atoms with van der Waals surface area (Å²) in [7, 11) is 0. The maximum atomic E-state index is 10.9. The van der Waals surface area contributed by atoms with Gasteiger partial charge in [0.05, 0.1) is 26.4 Å². The molecule has 0 saturated carbocycles. The van der Waals surface area contributed by atoms with E-state index in [1.807, 2.05) is 0 Å². The molecule has 0 amide bonds. The highest BCUT2D eigenvalue weighted by molar-refractivity contribution is 4.77. The number of ether oxygens (including phenoxy) is 2. The monoisotopic (exact) mass is 243 g/mol. The van der Waals surface area contributed by atoms with Gasteiger partial charge < -0.3 is 9.47 Å². The van der Waals surface area contributed by atoms with Gasteiger partial charge in [0.2, 0.25) is 0 Å². The van der Waals surface area contributed by atoms with Gasteiger partial charge in [0.25, 0.3) is 0 Å². The summed E-state index contributed by atoms with van der Waals surface area (Å²) in [6, 6.07) is -0.133. The molecule has 0 aromatic heterocycles. The lowest BCUT2D eigenvalue weighted by Gasteiger charge is -2.31. The number of nitrogens with zero attached hydrogens (tertiary/aromatic N) is 3. The maximum Gasteiger partial charge on any atom is 0.117 e. The fraction of sp³-hybridized carbons (Fsp3) is 1.00. The van der Waals surface area contributed by atoms with Crippen LogP contribution in [0.25, 0.3) is 0 Å². The molecule has 6 heteroatoms. The Balaban J connectivity index is 1.72. The molecule has 6 nitrogen and oxygen atoms in total. The van der Waals surface area contributed by atoms with Crippen molar-refractivity contribution in [3.8, 4) is 0 Å². The van der Waals surface area contributed by atoms with Crippen LogP contribution < -0.4 is 0 Å². The lowest BCUT2D eigenvalue weighted by Crippen LogP contribution is -2.46. The highest BCUT2D eigenvalue weighted by Gasteiger charge is 2.21. The van der Waals surface area contributed by atoms with E-state index >= 15 is 0 Å². The van der Waals surface area contributed by atoms with E-state index in [0.29, 0.717) is 0 Å². The third-order valence-electron chi connectivity index (χ3n) is 3.29. The van der Waals surface area contributed by atoms with Crippen molar-refractivity contribution in [3.63, 3.8) is 0 Å². The van der Waals surface area contributed by atoms with Crippen LogP contribution >= 0.6 is 0 Å². The quantitative estimate of drug-likeness (QED) is 0.625. The van der Waals surface area contributed by atoms with Crippen molar-refractivity contribution < 1.29 is 9.47 Å². The van der Waals surface area contributed by atoms with E-state index in [2.05, 4.69) is 15.0 Å². The zero-order chi connectivity index (χ0) is 11.9. The van der Waals surface area contributed by atoms with E-state index in [-0.39, 0.29) is 6.04 Å². The van der Waals surface area contributed by atoms with Crippen molar-refractivity contribution in [2.24, 2.45) is 5.18 Å². The second kappa shape index (κ2) is 7.00. The molecule has 2 fully saturated rings. The molecule has 0 N–H and O–H groups in total. The molecule has 2 rings (SSSR count). The third kappa shape index (κ3) is 4.31. The van der Waals surface area contributed by atoms with Gasteiger partial charge in [-0.25, -0.2) is 0 Å². The van der Waals surface area contributed by atoms with Crippen molar-refractivity contribution in [2.75, 3.05) is 65.7 Å². The van der Waals surface area contributed by atoms with E-state index < -0.39 is 0 Å². The van der Waals surface area contributed by atoms with E-state index in [0.717, 1.165) is 65.7 Å². The van der Waals surface area contributed by atoms with Crippen LogP contribution in [0.1, 0.15) is 0 Å². The Morgan fingerprint density at radius 1 is 0.882 bits per heavy atom. The zero-order valence-electron chi connectivity index (χ0n) is 10.2. The van der Waals surface area contributed by atoms with Gasteiger partial charge in [-0.3, -0.25) is 9.80 Å². The molecule has 0 aromatic rings. The van der Waals surface area contributed by atoms with Gasteiger partial charge in [0, 0.05) is 39.3 Å². The molecular formula is C11H21N3O3. The summed E-state index contributed by atoms with van der Waals surface area (Å²) in [5.74, 6) is 0. The van der Waals surface area contributed by atoms with Crippen molar-refractivity contribution in [1.82, 2.24) is 9.80 Å². The minimum absolute atomic E-state index is 0.133. The highest BCUT2D eigenvalue weighted by atomic mass is 16.5. The molecule has 0 aromatic carbocycles. The van der Waals surface area contributed by atoms with Crippen LogP contribution in [0.4, 0.5) is 0 Å². The molecule has 0 radical (unpaired) electrons. The number of rotatable bonds is 5. The highest BCUT2D eigenvalue weighted by Crippen LogP contribution is 2.05. The summed E-state index contributed by atoms with van der Waals surface area (Å²) in [6.45, 7) is 8.22. The van der Waals surface area contributed by atoms with Crippen molar-refractivity contribution in [1.29, 1.82) is 0 Å². The van der Waals surface area contributed by atoms with E-state index in [9.17, 15) is 4.91 Å². The van der Waals surface area contributed by atoms with Gasteiger partial charge in [-0.05, 0) is 0 Å². The van der Waals surface area contributed by atoms with Crippen molar-refractivity contribution >= 4 is 0 Å². The van der Waals surface area contributed by atoms with Gasteiger partial charge in [-0.1, -0.05) is 5.18 Å². The van der Waals surface area contributed by atoms with Crippen LogP contribution in [-0.4, -0.2) is 81.5 Å². The average molecular weight is 243 g/mol. The van der Waals surface area contributed by atoms with E-state index in [1.165, 1.54) is 0 Å². The molecule has 0 aliphatic carbocycles. The smallest absolute Gasteiger partial charge is 0.117 e. The summed E-state index contributed by atoms with van der Waals surface area (Å²) < 4.78 is 10.6. The minimum Gasteiger partial charge on any atom is -0.379 e. The molecular weight excluding hydrogens is 222 g/mol. The Kier molecular flexibility index (Phi) is 5.31. The first kappa shape index (κ1) is 12.9. The molecule has 2 aliphatic heterocycles. The van der Waals surface area contributed by atoms with Crippen LogP contribution in [0, 0.1) is 4.91 Å². The molecule has 0 bridgehead atoms. The van der Waals surface area contributed by atoms with Gasteiger partial charge in [-0.15, -0.1) is 0 Å². The number of hydrogen-bond acceptors (Lipinski definition) is 6. The average Bonchev–Trinajstić information content (AvgIpc) is 2.40. The standard InChI is InChI=1S/C11H21N3O3/c15-12-11(9-13-1-5-16-6-2-13)10-14-3-7-17-8-4-14/h11H,1-10H2. The van der Waals surface area contributed by atoms with E-state index in [1.54, 1.807) is 0 Å². The predicted octanol–water partition coefficient (Wildman–Crippen LogP) is -0.214. The second-order valence-corrected chi connectivity index (χ2v) is 4.59. The van der Waals surface area contributed by atoms with E-state index in [4.69, 9.17) is 9.47 Å². The minimum atomic E-state index is -0.133.